The molecule has 0 aliphatic heterocycles. The van der Waals surface area contributed by atoms with Gasteiger partial charge in [-0.25, -0.2) is 0 Å². The molecule has 2 aromatic rings. The zero-order valence-corrected chi connectivity index (χ0v) is 11.8. The summed E-state index contributed by atoms with van der Waals surface area (Å²) in [6.45, 7) is 2.18. The van der Waals surface area contributed by atoms with Crippen molar-refractivity contribution in [3.05, 3.63) is 50.9 Å². The van der Waals surface area contributed by atoms with Crippen molar-refractivity contribution in [3.8, 4) is 0 Å². The Hall–Kier alpha value is -0.900. The van der Waals surface area contributed by atoms with Gasteiger partial charge in [0.1, 0.15) is 0 Å². The highest BCUT2D eigenvalue weighted by atomic mass is 35.5. The molecule has 0 saturated carbocycles. The molecule has 4 heteroatoms. The lowest BCUT2D eigenvalue weighted by Gasteiger charge is -2.19. The number of aromatic nitrogens is 1. The SMILES string of the molecule is C[C@H](NC1CCc2sc(Cl)cc21)c1cccnc1. The van der Waals surface area contributed by atoms with Crippen molar-refractivity contribution in [1.29, 1.82) is 0 Å². The van der Waals surface area contributed by atoms with E-state index in [-0.39, 0.29) is 0 Å². The highest BCUT2D eigenvalue weighted by Gasteiger charge is 2.26. The molecule has 0 radical (unpaired) electrons. The van der Waals surface area contributed by atoms with Crippen molar-refractivity contribution in [2.75, 3.05) is 0 Å². The number of thiophene rings is 1. The van der Waals surface area contributed by atoms with E-state index in [1.54, 1.807) is 11.3 Å². The predicted octanol–water partition coefficient (Wildman–Crippen LogP) is 4.13. The van der Waals surface area contributed by atoms with E-state index < -0.39 is 0 Å². The van der Waals surface area contributed by atoms with E-state index in [9.17, 15) is 0 Å². The summed E-state index contributed by atoms with van der Waals surface area (Å²) in [5.41, 5.74) is 2.62. The first kappa shape index (κ1) is 12.2. The summed E-state index contributed by atoms with van der Waals surface area (Å²) < 4.78 is 0.903. The van der Waals surface area contributed by atoms with Gasteiger partial charge in [-0.15, -0.1) is 11.3 Å². The number of pyridine rings is 1. The third-order valence-electron chi connectivity index (χ3n) is 3.48. The molecule has 2 aromatic heterocycles. The summed E-state index contributed by atoms with van der Waals surface area (Å²) in [6, 6.07) is 6.95. The number of fused-ring (bicyclic) bond motifs is 1. The van der Waals surface area contributed by atoms with Gasteiger partial charge in [0.25, 0.3) is 0 Å². The molecule has 1 N–H and O–H groups in total. The number of hydrogen-bond donors (Lipinski definition) is 1. The molecular formula is C14H15ClN2S. The van der Waals surface area contributed by atoms with Crippen molar-refractivity contribution in [2.45, 2.75) is 31.8 Å². The summed E-state index contributed by atoms with van der Waals surface area (Å²) in [5.74, 6) is 0. The fraction of sp³-hybridized carbons (Fsp3) is 0.357. The third-order valence-corrected chi connectivity index (χ3v) is 4.82. The van der Waals surface area contributed by atoms with Crippen LogP contribution < -0.4 is 5.32 Å². The van der Waals surface area contributed by atoms with Crippen molar-refractivity contribution in [2.24, 2.45) is 0 Å². The second kappa shape index (κ2) is 5.00. The van der Waals surface area contributed by atoms with Crippen LogP contribution in [-0.2, 0) is 6.42 Å². The van der Waals surface area contributed by atoms with E-state index in [2.05, 4.69) is 29.4 Å². The van der Waals surface area contributed by atoms with E-state index >= 15 is 0 Å². The van der Waals surface area contributed by atoms with E-state index in [4.69, 9.17) is 11.6 Å². The van der Waals surface area contributed by atoms with Gasteiger partial charge in [-0.2, -0.15) is 0 Å². The Kier molecular flexibility index (Phi) is 3.37. The summed E-state index contributed by atoms with van der Waals surface area (Å²) in [6.07, 6.45) is 6.05. The van der Waals surface area contributed by atoms with Crippen LogP contribution in [0.2, 0.25) is 4.34 Å². The first-order valence-corrected chi connectivity index (χ1v) is 7.37. The summed E-state index contributed by atoms with van der Waals surface area (Å²) in [7, 11) is 0. The molecule has 18 heavy (non-hydrogen) atoms. The first-order valence-electron chi connectivity index (χ1n) is 6.18. The molecule has 1 aliphatic rings. The van der Waals surface area contributed by atoms with Gasteiger partial charge in [-0.3, -0.25) is 4.98 Å². The average Bonchev–Trinajstić information content (AvgIpc) is 2.91. The van der Waals surface area contributed by atoms with Gasteiger partial charge in [0.15, 0.2) is 0 Å². The Balaban J connectivity index is 1.75. The lowest BCUT2D eigenvalue weighted by Crippen LogP contribution is -2.22. The lowest BCUT2D eigenvalue weighted by molar-refractivity contribution is 0.464. The molecule has 1 unspecified atom stereocenters. The maximum atomic E-state index is 6.08. The molecule has 0 aromatic carbocycles. The van der Waals surface area contributed by atoms with Crippen LogP contribution in [0.5, 0.6) is 0 Å². The van der Waals surface area contributed by atoms with E-state index in [0.29, 0.717) is 12.1 Å². The quantitative estimate of drug-likeness (QED) is 0.913. The van der Waals surface area contributed by atoms with Crippen LogP contribution in [0.3, 0.4) is 0 Å². The Morgan fingerprint density at radius 2 is 2.44 bits per heavy atom. The molecule has 0 saturated heterocycles. The zero-order chi connectivity index (χ0) is 12.5. The molecule has 1 aliphatic carbocycles. The lowest BCUT2D eigenvalue weighted by atomic mass is 10.1. The van der Waals surface area contributed by atoms with Gasteiger partial charge >= 0.3 is 0 Å². The minimum Gasteiger partial charge on any atom is -0.303 e. The van der Waals surface area contributed by atoms with Gasteiger partial charge in [0, 0.05) is 29.4 Å². The Morgan fingerprint density at radius 1 is 1.56 bits per heavy atom. The monoisotopic (exact) mass is 278 g/mol. The second-order valence-corrected chi connectivity index (χ2v) is 6.46. The van der Waals surface area contributed by atoms with E-state index in [0.717, 1.165) is 10.8 Å². The molecule has 2 heterocycles. The molecule has 2 nitrogen and oxygen atoms in total. The largest absolute Gasteiger partial charge is 0.303 e. The van der Waals surface area contributed by atoms with Crippen molar-refractivity contribution >= 4 is 22.9 Å². The van der Waals surface area contributed by atoms with E-state index in [1.165, 1.54) is 22.4 Å². The highest BCUT2D eigenvalue weighted by Crippen LogP contribution is 2.40. The van der Waals surface area contributed by atoms with Crippen LogP contribution in [0.25, 0.3) is 0 Å². The predicted molar refractivity (Wildman–Crippen MR) is 76.2 cm³/mol. The number of aryl methyl sites for hydroxylation is 1. The van der Waals surface area contributed by atoms with Gasteiger partial charge in [-0.05, 0) is 43.0 Å². The van der Waals surface area contributed by atoms with Crippen LogP contribution >= 0.6 is 22.9 Å². The minimum absolute atomic E-state index is 0.313. The number of nitrogens with one attached hydrogen (secondary N) is 1. The number of halogens is 1. The Morgan fingerprint density at radius 3 is 3.22 bits per heavy atom. The van der Waals surface area contributed by atoms with Crippen molar-refractivity contribution in [3.63, 3.8) is 0 Å². The molecule has 2 atom stereocenters. The molecule has 0 spiro atoms. The average molecular weight is 279 g/mol. The standard InChI is InChI=1S/C14H15ClN2S/c1-9(10-3-2-6-16-8-10)17-12-4-5-13-11(12)7-14(15)18-13/h2-3,6-9,12,17H,4-5H2,1H3/t9-,12?/m0/s1. The molecule has 94 valence electrons. The summed E-state index contributed by atoms with van der Waals surface area (Å²) in [5, 5.41) is 3.67. The summed E-state index contributed by atoms with van der Waals surface area (Å²) >= 11 is 7.79. The molecule has 0 fully saturated rings. The zero-order valence-electron chi connectivity index (χ0n) is 10.2. The Bertz CT molecular complexity index is 538. The number of hydrogen-bond acceptors (Lipinski definition) is 3. The van der Waals surface area contributed by atoms with E-state index in [1.807, 2.05) is 18.5 Å². The topological polar surface area (TPSA) is 24.9 Å². The second-order valence-electron chi connectivity index (χ2n) is 4.70. The van der Waals surface area contributed by atoms with Crippen LogP contribution in [0.1, 0.15) is 41.4 Å². The fourth-order valence-corrected chi connectivity index (χ4v) is 3.89. The molecular weight excluding hydrogens is 264 g/mol. The highest BCUT2D eigenvalue weighted by molar-refractivity contribution is 7.16. The molecule has 3 rings (SSSR count). The van der Waals surface area contributed by atoms with Gasteiger partial charge in [-0.1, -0.05) is 17.7 Å². The van der Waals surface area contributed by atoms with Crippen LogP contribution in [0.15, 0.2) is 30.6 Å². The smallest absolute Gasteiger partial charge is 0.0934 e. The summed E-state index contributed by atoms with van der Waals surface area (Å²) in [4.78, 5) is 5.61. The first-order chi connectivity index (χ1) is 8.74. The minimum atomic E-state index is 0.313. The molecule has 0 amide bonds. The molecule has 0 bridgehead atoms. The number of nitrogens with zero attached hydrogens (tertiary/aromatic N) is 1. The third kappa shape index (κ3) is 2.30. The fourth-order valence-electron chi connectivity index (χ4n) is 2.53. The van der Waals surface area contributed by atoms with Gasteiger partial charge < -0.3 is 5.32 Å². The van der Waals surface area contributed by atoms with Gasteiger partial charge in [0.05, 0.1) is 4.34 Å². The number of rotatable bonds is 3. The van der Waals surface area contributed by atoms with Crippen molar-refractivity contribution < 1.29 is 0 Å². The van der Waals surface area contributed by atoms with Gasteiger partial charge in [0.2, 0.25) is 0 Å². The van der Waals surface area contributed by atoms with Crippen LogP contribution in [0, 0.1) is 0 Å². The maximum Gasteiger partial charge on any atom is 0.0934 e. The normalized spacial score (nSPS) is 19.8. The van der Waals surface area contributed by atoms with Crippen LogP contribution in [0.4, 0.5) is 0 Å². The van der Waals surface area contributed by atoms with Crippen LogP contribution in [-0.4, -0.2) is 4.98 Å². The maximum absolute atomic E-state index is 6.08. The Labute approximate surface area is 116 Å². The van der Waals surface area contributed by atoms with Crippen molar-refractivity contribution in [1.82, 2.24) is 10.3 Å².